The Morgan fingerprint density at radius 2 is 1.42 bits per heavy atom. The van der Waals surface area contributed by atoms with Gasteiger partial charge in [0.05, 0.1) is 44.2 Å². The molecule has 1 saturated heterocycles. The molecule has 0 aromatic heterocycles. The van der Waals surface area contributed by atoms with E-state index in [0.717, 1.165) is 31.3 Å². The van der Waals surface area contributed by atoms with Crippen LogP contribution in [-0.2, 0) is 0 Å². The number of aromatic carboxylic acids is 1. The third kappa shape index (κ3) is 6.32. The molecule has 5 N–H and O–H groups in total. The van der Waals surface area contributed by atoms with E-state index in [4.69, 9.17) is 30.4 Å². The van der Waals surface area contributed by atoms with Gasteiger partial charge in [0.15, 0.2) is 23.0 Å². The van der Waals surface area contributed by atoms with Crippen LogP contribution in [0.25, 0.3) is 0 Å². The number of carbonyl (C=O) groups is 2. The first-order chi connectivity index (χ1) is 17.2. The van der Waals surface area contributed by atoms with Crippen LogP contribution in [0.4, 0.5) is 11.4 Å². The second kappa shape index (κ2) is 12.1. The van der Waals surface area contributed by atoms with E-state index in [9.17, 15) is 14.7 Å². The number of likely N-dealkylation sites (tertiary alicyclic amines) is 1. The first-order valence-corrected chi connectivity index (χ1v) is 11.6. The molecular formula is C26H33N3O7. The fraction of sp³-hybridized carbons (Fsp3) is 0.385. The monoisotopic (exact) mass is 499 g/mol. The van der Waals surface area contributed by atoms with Crippen LogP contribution < -0.4 is 30.4 Å². The number of nitrogens with two attached hydrogens (primary N) is 2. The average Bonchev–Trinajstić information content (AvgIpc) is 3.29. The van der Waals surface area contributed by atoms with Crippen molar-refractivity contribution in [2.75, 3.05) is 52.0 Å². The molecule has 1 aliphatic heterocycles. The SMILES string of the molecule is C=C1CCN(C(=O)c2cc(OC)c(OCCCCCOc3cc(N)c(C(=O)O)cc3OC)cc2N)C1. The Balaban J connectivity index is 1.47. The molecule has 2 aromatic rings. The summed E-state index contributed by atoms with van der Waals surface area (Å²) in [6, 6.07) is 6.05. The van der Waals surface area contributed by atoms with Crippen molar-refractivity contribution >= 4 is 23.3 Å². The van der Waals surface area contributed by atoms with E-state index >= 15 is 0 Å². The molecule has 1 heterocycles. The number of carboxylic acid groups (broad SMARTS) is 1. The number of carboxylic acids is 1. The first kappa shape index (κ1) is 26.5. The average molecular weight is 500 g/mol. The molecule has 0 spiro atoms. The Kier molecular flexibility index (Phi) is 8.88. The van der Waals surface area contributed by atoms with Crippen LogP contribution >= 0.6 is 0 Å². The van der Waals surface area contributed by atoms with Gasteiger partial charge in [0, 0.05) is 37.0 Å². The van der Waals surface area contributed by atoms with Crippen molar-refractivity contribution < 1.29 is 33.6 Å². The lowest BCUT2D eigenvalue weighted by molar-refractivity contribution is 0.0696. The molecule has 0 radical (unpaired) electrons. The largest absolute Gasteiger partial charge is 0.493 e. The lowest BCUT2D eigenvalue weighted by Crippen LogP contribution is -2.28. The fourth-order valence-corrected chi connectivity index (χ4v) is 3.88. The van der Waals surface area contributed by atoms with E-state index in [-0.39, 0.29) is 17.2 Å². The number of ether oxygens (including phenoxy) is 4. The number of nitrogen functional groups attached to an aromatic ring is 2. The Bertz CT molecular complexity index is 1130. The molecule has 1 fully saturated rings. The lowest BCUT2D eigenvalue weighted by Gasteiger charge is -2.18. The highest BCUT2D eigenvalue weighted by Crippen LogP contribution is 2.34. The molecule has 0 saturated carbocycles. The standard InChI is InChI=1S/C26H33N3O7/c1-16-7-8-29(15-16)25(30)17-11-21(33-2)23(13-19(17)27)35-9-5-4-6-10-36-24-14-20(28)18(26(31)32)12-22(24)34-3/h11-14H,1,4-10,15,27-28H2,2-3H3,(H,31,32). The number of nitrogens with zero attached hydrogens (tertiary/aromatic N) is 1. The van der Waals surface area contributed by atoms with Crippen LogP contribution in [0.1, 0.15) is 46.4 Å². The maximum atomic E-state index is 12.8. The van der Waals surface area contributed by atoms with Crippen molar-refractivity contribution in [1.82, 2.24) is 4.90 Å². The number of methoxy groups -OCH3 is 2. The van der Waals surface area contributed by atoms with Crippen LogP contribution in [0.2, 0.25) is 0 Å². The van der Waals surface area contributed by atoms with Gasteiger partial charge in [0.25, 0.3) is 5.91 Å². The van der Waals surface area contributed by atoms with E-state index in [0.29, 0.717) is 60.6 Å². The Morgan fingerprint density at radius 1 is 0.889 bits per heavy atom. The second-order valence-electron chi connectivity index (χ2n) is 8.47. The van der Waals surface area contributed by atoms with Crippen LogP contribution in [0.5, 0.6) is 23.0 Å². The molecule has 10 nitrogen and oxygen atoms in total. The minimum Gasteiger partial charge on any atom is -0.493 e. The number of hydrogen-bond acceptors (Lipinski definition) is 8. The van der Waals surface area contributed by atoms with Crippen LogP contribution in [-0.4, -0.2) is 62.4 Å². The van der Waals surface area contributed by atoms with Crippen LogP contribution in [0.15, 0.2) is 36.4 Å². The Labute approximate surface area is 210 Å². The summed E-state index contributed by atoms with van der Waals surface area (Å²) in [6.45, 7) is 5.94. The number of anilines is 2. The number of benzene rings is 2. The van der Waals surface area contributed by atoms with Crippen molar-refractivity contribution in [2.45, 2.75) is 25.7 Å². The highest BCUT2D eigenvalue weighted by Gasteiger charge is 2.25. The molecule has 0 atom stereocenters. The molecule has 3 rings (SSSR count). The summed E-state index contributed by atoms with van der Waals surface area (Å²) in [5.41, 5.74) is 13.8. The number of hydrogen-bond donors (Lipinski definition) is 3. The van der Waals surface area contributed by atoms with Gasteiger partial charge in [-0.3, -0.25) is 4.79 Å². The minimum absolute atomic E-state index is 0.0354. The highest BCUT2D eigenvalue weighted by molar-refractivity contribution is 6.00. The molecule has 1 amide bonds. The van der Waals surface area contributed by atoms with Crippen molar-refractivity contribution in [3.63, 3.8) is 0 Å². The zero-order chi connectivity index (χ0) is 26.2. The molecular weight excluding hydrogens is 466 g/mol. The number of unbranched alkanes of at least 4 members (excludes halogenated alkanes) is 2. The van der Waals surface area contributed by atoms with Crippen LogP contribution in [0, 0.1) is 0 Å². The van der Waals surface area contributed by atoms with Crippen molar-refractivity contribution in [2.24, 2.45) is 0 Å². The highest BCUT2D eigenvalue weighted by atomic mass is 16.5. The minimum atomic E-state index is -1.13. The van der Waals surface area contributed by atoms with Gasteiger partial charge in [-0.25, -0.2) is 4.79 Å². The molecule has 0 aliphatic carbocycles. The van der Waals surface area contributed by atoms with Crippen LogP contribution in [0.3, 0.4) is 0 Å². The lowest BCUT2D eigenvalue weighted by atomic mass is 10.1. The summed E-state index contributed by atoms with van der Waals surface area (Å²) in [7, 11) is 2.96. The first-order valence-electron chi connectivity index (χ1n) is 11.6. The van der Waals surface area contributed by atoms with E-state index in [1.807, 2.05) is 0 Å². The zero-order valence-electron chi connectivity index (χ0n) is 20.7. The molecule has 0 unspecified atom stereocenters. The second-order valence-corrected chi connectivity index (χ2v) is 8.47. The maximum Gasteiger partial charge on any atom is 0.337 e. The Morgan fingerprint density at radius 3 is 1.89 bits per heavy atom. The predicted octanol–water partition coefficient (Wildman–Crippen LogP) is 3.60. The number of rotatable bonds is 12. The molecule has 10 heteroatoms. The van der Waals surface area contributed by atoms with Gasteiger partial charge in [0.2, 0.25) is 0 Å². The number of carbonyl (C=O) groups excluding carboxylic acids is 1. The molecule has 36 heavy (non-hydrogen) atoms. The van der Waals surface area contributed by atoms with Crippen molar-refractivity contribution in [3.05, 3.63) is 47.5 Å². The van der Waals surface area contributed by atoms with E-state index in [1.165, 1.54) is 26.4 Å². The van der Waals surface area contributed by atoms with Gasteiger partial charge in [-0.1, -0.05) is 12.2 Å². The van der Waals surface area contributed by atoms with Gasteiger partial charge in [-0.15, -0.1) is 0 Å². The Hall–Kier alpha value is -4.08. The summed E-state index contributed by atoms with van der Waals surface area (Å²) in [4.78, 5) is 25.8. The summed E-state index contributed by atoms with van der Waals surface area (Å²) in [5, 5.41) is 9.17. The third-order valence-corrected chi connectivity index (χ3v) is 5.87. The summed E-state index contributed by atoms with van der Waals surface area (Å²) in [5.74, 6) is 0.355. The van der Waals surface area contributed by atoms with E-state index in [2.05, 4.69) is 6.58 Å². The van der Waals surface area contributed by atoms with E-state index < -0.39 is 5.97 Å². The topological polar surface area (TPSA) is 147 Å². The predicted molar refractivity (Wildman–Crippen MR) is 136 cm³/mol. The third-order valence-electron chi connectivity index (χ3n) is 5.87. The van der Waals surface area contributed by atoms with Gasteiger partial charge >= 0.3 is 5.97 Å². The smallest absolute Gasteiger partial charge is 0.337 e. The maximum absolute atomic E-state index is 12.8. The van der Waals surface area contributed by atoms with Crippen molar-refractivity contribution in [1.29, 1.82) is 0 Å². The van der Waals surface area contributed by atoms with Crippen molar-refractivity contribution in [3.8, 4) is 23.0 Å². The molecule has 1 aliphatic rings. The van der Waals surface area contributed by atoms with Gasteiger partial charge in [-0.2, -0.15) is 0 Å². The quantitative estimate of drug-likeness (QED) is 0.226. The van der Waals surface area contributed by atoms with Gasteiger partial charge < -0.3 is 40.4 Å². The normalized spacial score (nSPS) is 12.9. The molecule has 194 valence electrons. The van der Waals surface area contributed by atoms with E-state index in [1.54, 1.807) is 17.0 Å². The van der Waals surface area contributed by atoms with Gasteiger partial charge in [0.1, 0.15) is 0 Å². The van der Waals surface area contributed by atoms with Gasteiger partial charge in [-0.05, 0) is 31.7 Å². The summed E-state index contributed by atoms with van der Waals surface area (Å²) < 4.78 is 22.2. The fourth-order valence-electron chi connectivity index (χ4n) is 3.88. The summed E-state index contributed by atoms with van der Waals surface area (Å²) in [6.07, 6.45) is 3.10. The number of amides is 1. The summed E-state index contributed by atoms with van der Waals surface area (Å²) >= 11 is 0. The zero-order valence-corrected chi connectivity index (χ0v) is 20.7. The molecule has 2 aromatic carbocycles. The molecule has 0 bridgehead atoms.